The van der Waals surface area contributed by atoms with Crippen molar-refractivity contribution in [2.75, 3.05) is 6.54 Å². The molecule has 0 aromatic rings. The molecule has 0 aliphatic rings. The molecule has 192 valence electrons. The fourth-order valence-corrected chi connectivity index (χ4v) is 3.20. The minimum Gasteiger partial charge on any atom is -0.356 e. The first-order chi connectivity index (χ1) is 15.8. The molecule has 3 unspecified atom stereocenters. The Balaban J connectivity index is 4.50. The zero-order valence-electron chi connectivity index (χ0n) is 20.7. The average molecular weight is 483 g/mol. The molecule has 0 spiro atoms. The first-order valence-electron chi connectivity index (χ1n) is 11.4. The third-order valence-electron chi connectivity index (χ3n) is 5.06. The van der Waals surface area contributed by atoms with Gasteiger partial charge in [-0.25, -0.2) is 0 Å². The van der Waals surface area contributed by atoms with Gasteiger partial charge in [0, 0.05) is 33.2 Å². The van der Waals surface area contributed by atoms with E-state index in [0.717, 1.165) is 0 Å². The Bertz CT molecular complexity index is 766. The molecule has 0 rings (SSSR count). The molecule has 4 amide bonds. The molecule has 0 fully saturated rings. The summed E-state index contributed by atoms with van der Waals surface area (Å²) in [4.78, 5) is 81.7. The zero-order chi connectivity index (χ0) is 26.3. The average Bonchev–Trinajstić information content (AvgIpc) is 2.71. The van der Waals surface area contributed by atoms with Crippen LogP contribution < -0.4 is 21.3 Å². The number of nitrogens with one attached hydrogen (secondary N) is 4. The number of ketones is 3. The van der Waals surface area contributed by atoms with E-state index >= 15 is 0 Å². The molecule has 0 saturated heterocycles. The van der Waals surface area contributed by atoms with E-state index in [2.05, 4.69) is 21.3 Å². The van der Waals surface area contributed by atoms with E-state index < -0.39 is 29.9 Å². The van der Waals surface area contributed by atoms with Crippen molar-refractivity contribution in [2.45, 2.75) is 97.7 Å². The van der Waals surface area contributed by atoms with E-state index in [9.17, 15) is 33.6 Å². The van der Waals surface area contributed by atoms with Crippen LogP contribution in [0.1, 0.15) is 79.6 Å². The van der Waals surface area contributed by atoms with Crippen LogP contribution in [0.25, 0.3) is 0 Å². The van der Waals surface area contributed by atoms with Gasteiger partial charge >= 0.3 is 0 Å². The van der Waals surface area contributed by atoms with Crippen LogP contribution >= 0.6 is 0 Å². The number of carbonyl (C=O) groups excluding carboxylic acids is 7. The second-order valence-electron chi connectivity index (χ2n) is 8.41. The van der Waals surface area contributed by atoms with Crippen molar-refractivity contribution in [3.63, 3.8) is 0 Å². The van der Waals surface area contributed by atoms with Gasteiger partial charge in [0.1, 0.15) is 11.8 Å². The number of hydrogen-bond acceptors (Lipinski definition) is 7. The van der Waals surface area contributed by atoms with Crippen LogP contribution in [-0.4, -0.2) is 65.6 Å². The van der Waals surface area contributed by atoms with Gasteiger partial charge in [-0.3, -0.25) is 28.8 Å². The number of carbonyl (C=O) groups is 7. The minimum atomic E-state index is -0.904. The van der Waals surface area contributed by atoms with Crippen LogP contribution in [0.4, 0.5) is 0 Å². The first-order valence-corrected chi connectivity index (χ1v) is 11.4. The molecule has 0 bridgehead atoms. The van der Waals surface area contributed by atoms with E-state index in [1.807, 2.05) is 0 Å². The van der Waals surface area contributed by atoms with E-state index in [1.54, 1.807) is 0 Å². The minimum absolute atomic E-state index is 0.0848. The van der Waals surface area contributed by atoms with Gasteiger partial charge in [-0.05, 0) is 52.9 Å². The largest absolute Gasteiger partial charge is 0.356 e. The van der Waals surface area contributed by atoms with Crippen molar-refractivity contribution in [3.8, 4) is 0 Å². The third-order valence-corrected chi connectivity index (χ3v) is 5.06. The Kier molecular flexibility index (Phi) is 15.0. The van der Waals surface area contributed by atoms with Crippen LogP contribution in [0.3, 0.4) is 0 Å². The highest BCUT2D eigenvalue weighted by Gasteiger charge is 2.24. The predicted octanol–water partition coefficient (Wildman–Crippen LogP) is 0.0945. The molecule has 11 nitrogen and oxygen atoms in total. The van der Waals surface area contributed by atoms with Crippen molar-refractivity contribution in [2.24, 2.45) is 0 Å². The zero-order valence-corrected chi connectivity index (χ0v) is 20.7. The van der Waals surface area contributed by atoms with Gasteiger partial charge in [0.05, 0.1) is 12.1 Å². The van der Waals surface area contributed by atoms with Crippen molar-refractivity contribution in [1.82, 2.24) is 21.3 Å². The molecule has 0 aromatic carbocycles. The molecule has 0 aliphatic heterocycles. The fourth-order valence-electron chi connectivity index (χ4n) is 3.20. The number of unbranched alkanes of at least 4 members (excludes halogenated alkanes) is 1. The summed E-state index contributed by atoms with van der Waals surface area (Å²) in [6.07, 6.45) is 2.02. The van der Waals surface area contributed by atoms with Crippen LogP contribution in [0.5, 0.6) is 0 Å². The Hall–Kier alpha value is -3.11. The van der Waals surface area contributed by atoms with E-state index in [4.69, 9.17) is 0 Å². The lowest BCUT2D eigenvalue weighted by Crippen LogP contribution is -2.51. The molecule has 34 heavy (non-hydrogen) atoms. The summed E-state index contributed by atoms with van der Waals surface area (Å²) in [6, 6.07) is -2.34. The summed E-state index contributed by atoms with van der Waals surface area (Å²) in [5.41, 5.74) is 0. The second kappa shape index (κ2) is 16.5. The highest BCUT2D eigenvalue weighted by Crippen LogP contribution is 2.06. The molecule has 0 radical (unpaired) electrons. The van der Waals surface area contributed by atoms with Gasteiger partial charge in [0.25, 0.3) is 0 Å². The molecule has 0 aromatic heterocycles. The quantitative estimate of drug-likeness (QED) is 0.213. The summed E-state index contributed by atoms with van der Waals surface area (Å²) in [5, 5.41) is 10.4. The van der Waals surface area contributed by atoms with Crippen LogP contribution in [0.15, 0.2) is 0 Å². The third kappa shape index (κ3) is 14.9. The maximum Gasteiger partial charge on any atom is 0.243 e. The molecular weight excluding hydrogens is 444 g/mol. The molecule has 11 heteroatoms. The predicted molar refractivity (Wildman–Crippen MR) is 125 cm³/mol. The van der Waals surface area contributed by atoms with Crippen molar-refractivity contribution >= 4 is 41.0 Å². The number of hydrogen-bond donors (Lipinski definition) is 4. The van der Waals surface area contributed by atoms with E-state index in [1.165, 1.54) is 34.6 Å². The van der Waals surface area contributed by atoms with Gasteiger partial charge in [-0.15, -0.1) is 0 Å². The Morgan fingerprint density at radius 1 is 0.588 bits per heavy atom. The molecule has 3 atom stereocenters. The Labute approximate surface area is 200 Å². The van der Waals surface area contributed by atoms with Crippen LogP contribution in [0, 0.1) is 0 Å². The van der Waals surface area contributed by atoms with E-state index in [-0.39, 0.29) is 54.8 Å². The summed E-state index contributed by atoms with van der Waals surface area (Å²) < 4.78 is 0. The van der Waals surface area contributed by atoms with Crippen LogP contribution in [0.2, 0.25) is 0 Å². The topological polar surface area (TPSA) is 168 Å². The Morgan fingerprint density at radius 3 is 1.59 bits per heavy atom. The standard InChI is InChI=1S/C23H38N4O7/c1-14(28)9-10-21(26-18(5)32)23(34)27-19(15(2)29)8-6-7-13-24-22(33)12-11-20(16(3)30)25-17(4)31/h19-21H,6-13H2,1-5H3,(H,24,33)(H,25,31)(H,26,32)(H,27,34). The lowest BCUT2D eigenvalue weighted by Gasteiger charge is -2.21. The molecule has 0 saturated carbocycles. The number of rotatable bonds is 17. The highest BCUT2D eigenvalue weighted by molar-refractivity contribution is 5.92. The smallest absolute Gasteiger partial charge is 0.243 e. The number of amides is 4. The maximum atomic E-state index is 12.5. The molecule has 0 heterocycles. The van der Waals surface area contributed by atoms with Crippen LogP contribution in [-0.2, 0) is 33.6 Å². The normalized spacial score (nSPS) is 13.1. The number of Topliss-reactive ketones (excluding diaryl/α,β-unsaturated/α-hetero) is 3. The summed E-state index contributed by atoms with van der Waals surface area (Å²) in [6.45, 7) is 7.03. The lowest BCUT2D eigenvalue weighted by molar-refractivity contribution is -0.131. The van der Waals surface area contributed by atoms with Gasteiger partial charge < -0.3 is 26.1 Å². The Morgan fingerprint density at radius 2 is 1.09 bits per heavy atom. The van der Waals surface area contributed by atoms with Gasteiger partial charge in [-0.1, -0.05) is 0 Å². The SMILES string of the molecule is CC(=O)CCC(NC(C)=O)C(=O)NC(CCCCNC(=O)CCC(NC(C)=O)C(C)=O)C(C)=O. The highest BCUT2D eigenvalue weighted by atomic mass is 16.2. The molecule has 0 aliphatic carbocycles. The maximum absolute atomic E-state index is 12.5. The molecular formula is C23H38N4O7. The monoisotopic (exact) mass is 482 g/mol. The summed E-state index contributed by atoms with van der Waals surface area (Å²) in [5.74, 6) is -2.09. The molecule has 4 N–H and O–H groups in total. The summed E-state index contributed by atoms with van der Waals surface area (Å²) >= 11 is 0. The van der Waals surface area contributed by atoms with Gasteiger partial charge in [-0.2, -0.15) is 0 Å². The van der Waals surface area contributed by atoms with Gasteiger partial charge in [0.2, 0.25) is 23.6 Å². The fraction of sp³-hybridized carbons (Fsp3) is 0.696. The first kappa shape index (κ1) is 30.9. The van der Waals surface area contributed by atoms with Gasteiger partial charge in [0.15, 0.2) is 11.6 Å². The van der Waals surface area contributed by atoms with Crippen molar-refractivity contribution < 1.29 is 33.6 Å². The van der Waals surface area contributed by atoms with Crippen molar-refractivity contribution in [1.29, 1.82) is 0 Å². The second-order valence-corrected chi connectivity index (χ2v) is 8.41. The lowest BCUT2D eigenvalue weighted by atomic mass is 10.0. The van der Waals surface area contributed by atoms with E-state index in [0.29, 0.717) is 25.8 Å². The summed E-state index contributed by atoms with van der Waals surface area (Å²) in [7, 11) is 0. The van der Waals surface area contributed by atoms with Crippen molar-refractivity contribution in [3.05, 3.63) is 0 Å².